The zero-order valence-corrected chi connectivity index (χ0v) is 12.5. The number of benzene rings is 1. The second-order valence-corrected chi connectivity index (χ2v) is 4.62. The highest BCUT2D eigenvalue weighted by Crippen LogP contribution is 2.19. The van der Waals surface area contributed by atoms with Gasteiger partial charge in [0, 0.05) is 13.1 Å². The number of amides is 2. The Morgan fingerprint density at radius 2 is 1.81 bits per heavy atom. The Hall–Kier alpha value is -2.11. The molecule has 1 rings (SSSR count). The molecule has 0 aliphatic carbocycles. The number of rotatable bonds is 8. The van der Waals surface area contributed by atoms with Gasteiger partial charge in [0.15, 0.2) is 0 Å². The number of hydrogen-bond donors (Lipinski definition) is 3. The Bertz CT molecular complexity index is 492. The largest absolute Gasteiger partial charge is 0.382 e. The lowest BCUT2D eigenvalue weighted by molar-refractivity contribution is -0.120. The maximum Gasteiger partial charge on any atom is 0.253 e. The van der Waals surface area contributed by atoms with Crippen molar-refractivity contribution in [1.29, 1.82) is 0 Å². The first-order chi connectivity index (χ1) is 10.1. The van der Waals surface area contributed by atoms with E-state index in [4.69, 9.17) is 0 Å². The average molecular weight is 295 g/mol. The van der Waals surface area contributed by atoms with E-state index in [0.717, 1.165) is 12.8 Å². The van der Waals surface area contributed by atoms with Crippen molar-refractivity contribution in [3.8, 4) is 0 Å². The van der Waals surface area contributed by atoms with Gasteiger partial charge in [-0.15, -0.1) is 0 Å². The first-order valence-electron chi connectivity index (χ1n) is 7.17. The van der Waals surface area contributed by atoms with E-state index < -0.39 is 11.7 Å². The van der Waals surface area contributed by atoms with E-state index in [9.17, 15) is 14.0 Å². The Balaban J connectivity index is 2.69. The van der Waals surface area contributed by atoms with Crippen LogP contribution >= 0.6 is 0 Å². The van der Waals surface area contributed by atoms with Gasteiger partial charge in [-0.2, -0.15) is 0 Å². The third kappa shape index (κ3) is 5.41. The molecule has 6 heteroatoms. The summed E-state index contributed by atoms with van der Waals surface area (Å²) in [6, 6.07) is 4.29. The first-order valence-corrected chi connectivity index (χ1v) is 7.17. The van der Waals surface area contributed by atoms with Crippen molar-refractivity contribution in [3.63, 3.8) is 0 Å². The highest BCUT2D eigenvalue weighted by Gasteiger charge is 2.15. The van der Waals surface area contributed by atoms with Crippen molar-refractivity contribution in [3.05, 3.63) is 29.6 Å². The van der Waals surface area contributed by atoms with Crippen LogP contribution in [0.15, 0.2) is 18.2 Å². The molecule has 0 radical (unpaired) electrons. The fourth-order valence-electron chi connectivity index (χ4n) is 1.73. The number of hydrogen-bond acceptors (Lipinski definition) is 3. The van der Waals surface area contributed by atoms with Gasteiger partial charge < -0.3 is 16.0 Å². The summed E-state index contributed by atoms with van der Waals surface area (Å²) in [6.07, 6.45) is 1.64. The van der Waals surface area contributed by atoms with E-state index in [0.29, 0.717) is 13.1 Å². The molecule has 1 aromatic carbocycles. The minimum Gasteiger partial charge on any atom is -0.382 e. The fraction of sp³-hybridized carbons (Fsp3) is 0.467. The van der Waals surface area contributed by atoms with Gasteiger partial charge in [0.2, 0.25) is 5.91 Å². The summed E-state index contributed by atoms with van der Waals surface area (Å²) < 4.78 is 13.8. The summed E-state index contributed by atoms with van der Waals surface area (Å²) in [7, 11) is 0. The third-order valence-corrected chi connectivity index (χ3v) is 2.79. The number of carbonyl (C=O) groups excluding carboxylic acids is 2. The molecule has 0 unspecified atom stereocenters. The Morgan fingerprint density at radius 1 is 1.10 bits per heavy atom. The van der Waals surface area contributed by atoms with Gasteiger partial charge in [-0.05, 0) is 25.0 Å². The molecule has 0 aliphatic rings. The summed E-state index contributed by atoms with van der Waals surface area (Å²) in [4.78, 5) is 23.5. The molecular formula is C15H22FN3O2. The van der Waals surface area contributed by atoms with Crippen LogP contribution in [0.2, 0.25) is 0 Å². The van der Waals surface area contributed by atoms with Crippen LogP contribution in [0, 0.1) is 5.82 Å². The van der Waals surface area contributed by atoms with Crippen LogP contribution < -0.4 is 16.0 Å². The van der Waals surface area contributed by atoms with Crippen LogP contribution in [0.25, 0.3) is 0 Å². The summed E-state index contributed by atoms with van der Waals surface area (Å²) >= 11 is 0. The normalized spacial score (nSPS) is 10.0. The summed E-state index contributed by atoms with van der Waals surface area (Å²) in [5.41, 5.74) is 0.373. The van der Waals surface area contributed by atoms with Gasteiger partial charge >= 0.3 is 0 Å². The maximum absolute atomic E-state index is 13.8. The van der Waals surface area contributed by atoms with Crippen molar-refractivity contribution < 1.29 is 14.0 Å². The minimum absolute atomic E-state index is 0.122. The second kappa shape index (κ2) is 8.94. The highest BCUT2D eigenvalue weighted by atomic mass is 19.1. The first kappa shape index (κ1) is 16.9. The molecule has 0 bridgehead atoms. The number of anilines is 1. The van der Waals surface area contributed by atoms with E-state index in [-0.39, 0.29) is 23.7 Å². The molecule has 0 heterocycles. The number of carbonyl (C=O) groups is 2. The Labute approximate surface area is 124 Å². The van der Waals surface area contributed by atoms with Gasteiger partial charge in [0.1, 0.15) is 5.82 Å². The maximum atomic E-state index is 13.8. The van der Waals surface area contributed by atoms with Gasteiger partial charge in [0.25, 0.3) is 5.91 Å². The molecule has 21 heavy (non-hydrogen) atoms. The molecule has 1 aromatic rings. The molecule has 5 nitrogen and oxygen atoms in total. The van der Waals surface area contributed by atoms with E-state index in [1.165, 1.54) is 18.2 Å². The summed E-state index contributed by atoms with van der Waals surface area (Å²) in [6.45, 7) is 4.90. The number of nitrogens with one attached hydrogen (secondary N) is 3. The zero-order valence-electron chi connectivity index (χ0n) is 12.5. The quantitative estimate of drug-likeness (QED) is 0.686. The smallest absolute Gasteiger partial charge is 0.253 e. The fourth-order valence-corrected chi connectivity index (χ4v) is 1.73. The predicted octanol–water partition coefficient (Wildman–Crippen LogP) is 1.90. The van der Waals surface area contributed by atoms with Crippen LogP contribution in [-0.4, -0.2) is 31.4 Å². The monoisotopic (exact) mass is 295 g/mol. The van der Waals surface area contributed by atoms with Crippen LogP contribution in [-0.2, 0) is 4.79 Å². The van der Waals surface area contributed by atoms with Crippen molar-refractivity contribution >= 4 is 17.5 Å². The minimum atomic E-state index is -0.480. The predicted molar refractivity (Wildman–Crippen MR) is 80.8 cm³/mol. The standard InChI is InChI=1S/C15H22FN3O2/c1-3-8-17-13(20)10-19-15(21)11-6-5-7-12(16)14(11)18-9-4-2/h5-7,18H,3-4,8-10H2,1-2H3,(H,17,20)(H,19,21). The van der Waals surface area contributed by atoms with Crippen LogP contribution in [0.5, 0.6) is 0 Å². The second-order valence-electron chi connectivity index (χ2n) is 4.62. The van der Waals surface area contributed by atoms with Gasteiger partial charge in [-0.3, -0.25) is 9.59 Å². The Kier molecular flexibility index (Phi) is 7.21. The summed E-state index contributed by atoms with van der Waals surface area (Å²) in [5, 5.41) is 8.05. The van der Waals surface area contributed by atoms with Crippen molar-refractivity contribution in [2.75, 3.05) is 25.0 Å². The molecule has 0 saturated heterocycles. The lowest BCUT2D eigenvalue weighted by Gasteiger charge is -2.12. The summed E-state index contributed by atoms with van der Waals surface area (Å²) in [5.74, 6) is -1.21. The zero-order chi connectivity index (χ0) is 15.7. The molecule has 0 spiro atoms. The molecule has 0 atom stereocenters. The highest BCUT2D eigenvalue weighted by molar-refractivity contribution is 6.01. The third-order valence-electron chi connectivity index (χ3n) is 2.79. The molecule has 0 aliphatic heterocycles. The Morgan fingerprint density at radius 3 is 2.48 bits per heavy atom. The molecule has 3 N–H and O–H groups in total. The van der Waals surface area contributed by atoms with Gasteiger partial charge in [0.05, 0.1) is 17.8 Å². The van der Waals surface area contributed by atoms with E-state index in [1.807, 2.05) is 13.8 Å². The van der Waals surface area contributed by atoms with Crippen LogP contribution in [0.3, 0.4) is 0 Å². The molecular weight excluding hydrogens is 273 g/mol. The van der Waals surface area contributed by atoms with Gasteiger partial charge in [-0.1, -0.05) is 19.9 Å². The van der Waals surface area contributed by atoms with Crippen molar-refractivity contribution in [2.45, 2.75) is 26.7 Å². The van der Waals surface area contributed by atoms with Crippen molar-refractivity contribution in [1.82, 2.24) is 10.6 Å². The van der Waals surface area contributed by atoms with Gasteiger partial charge in [-0.25, -0.2) is 4.39 Å². The number of halogens is 1. The van der Waals surface area contributed by atoms with Crippen LogP contribution in [0.1, 0.15) is 37.0 Å². The van der Waals surface area contributed by atoms with Crippen molar-refractivity contribution in [2.24, 2.45) is 0 Å². The molecule has 0 saturated carbocycles. The SMILES string of the molecule is CCCNC(=O)CNC(=O)c1cccc(F)c1NCCC. The average Bonchev–Trinajstić information content (AvgIpc) is 2.49. The molecule has 116 valence electrons. The molecule has 2 amide bonds. The lowest BCUT2D eigenvalue weighted by atomic mass is 10.1. The van der Waals surface area contributed by atoms with E-state index in [2.05, 4.69) is 16.0 Å². The lowest BCUT2D eigenvalue weighted by Crippen LogP contribution is -2.37. The van der Waals surface area contributed by atoms with E-state index >= 15 is 0 Å². The topological polar surface area (TPSA) is 70.2 Å². The molecule has 0 fully saturated rings. The van der Waals surface area contributed by atoms with Crippen LogP contribution in [0.4, 0.5) is 10.1 Å². The van der Waals surface area contributed by atoms with E-state index in [1.54, 1.807) is 0 Å². The number of para-hydroxylation sites is 1. The molecule has 0 aromatic heterocycles.